The number of hydrogen-bond acceptors (Lipinski definition) is 4. The van der Waals surface area contributed by atoms with Crippen molar-refractivity contribution in [3.05, 3.63) is 24.3 Å². The van der Waals surface area contributed by atoms with Crippen LogP contribution in [-0.4, -0.2) is 18.5 Å². The van der Waals surface area contributed by atoms with Crippen LogP contribution >= 0.6 is 0 Å². The van der Waals surface area contributed by atoms with Crippen molar-refractivity contribution in [3.63, 3.8) is 0 Å². The number of anilines is 1. The summed E-state index contributed by atoms with van der Waals surface area (Å²) < 4.78 is 5.33. The lowest BCUT2D eigenvalue weighted by Gasteiger charge is -2.31. The maximum Gasteiger partial charge on any atom is 0.228 e. The van der Waals surface area contributed by atoms with Crippen molar-refractivity contribution in [2.24, 2.45) is 11.8 Å². The molecule has 114 valence electrons. The monoisotopic (exact) mass is 290 g/mol. The van der Waals surface area contributed by atoms with E-state index < -0.39 is 17.8 Å². The van der Waals surface area contributed by atoms with Crippen LogP contribution in [0.4, 0.5) is 5.69 Å². The maximum atomic E-state index is 12.3. The van der Waals surface area contributed by atoms with Gasteiger partial charge in [-0.25, -0.2) is 0 Å². The molecule has 2 atom stereocenters. The lowest BCUT2D eigenvalue weighted by Crippen LogP contribution is -2.42. The Morgan fingerprint density at radius 3 is 2.38 bits per heavy atom. The number of nitrogens with one attached hydrogen (secondary N) is 1. The molecule has 0 spiro atoms. The first kappa shape index (κ1) is 15.4. The second-order valence-electron chi connectivity index (χ2n) is 5.26. The van der Waals surface area contributed by atoms with Crippen molar-refractivity contribution in [2.45, 2.75) is 32.6 Å². The molecule has 1 aromatic carbocycles. The highest BCUT2D eigenvalue weighted by Crippen LogP contribution is 2.30. The summed E-state index contributed by atoms with van der Waals surface area (Å²) in [5, 5.41) is 13.9. The zero-order valence-corrected chi connectivity index (χ0v) is 12.1. The van der Waals surface area contributed by atoms with Crippen molar-refractivity contribution in [1.82, 2.24) is 0 Å². The van der Waals surface area contributed by atoms with Gasteiger partial charge in [-0.05, 0) is 44.0 Å². The SMILES string of the molecule is CCOc1ccc(NC(=O)[C@H]2CCCC[C@H]2C(=O)[O-])cc1. The Hall–Kier alpha value is -2.04. The second kappa shape index (κ2) is 7.11. The average Bonchev–Trinajstić information content (AvgIpc) is 2.49. The molecule has 0 bridgehead atoms. The molecule has 1 fully saturated rings. The molecule has 5 heteroatoms. The van der Waals surface area contributed by atoms with Gasteiger partial charge in [0.1, 0.15) is 5.75 Å². The lowest BCUT2D eigenvalue weighted by molar-refractivity contribution is -0.313. The van der Waals surface area contributed by atoms with Crippen LogP contribution in [-0.2, 0) is 9.59 Å². The summed E-state index contributed by atoms with van der Waals surface area (Å²) in [6.45, 7) is 2.49. The van der Waals surface area contributed by atoms with Gasteiger partial charge in [0.25, 0.3) is 0 Å². The summed E-state index contributed by atoms with van der Waals surface area (Å²) in [6, 6.07) is 7.05. The van der Waals surface area contributed by atoms with E-state index in [1.807, 2.05) is 6.92 Å². The quantitative estimate of drug-likeness (QED) is 0.893. The molecule has 1 aromatic rings. The van der Waals surface area contributed by atoms with Crippen LogP contribution in [0.1, 0.15) is 32.6 Å². The van der Waals surface area contributed by atoms with Crippen LogP contribution in [0.5, 0.6) is 5.75 Å². The largest absolute Gasteiger partial charge is 0.550 e. The number of aliphatic carboxylic acids is 1. The van der Waals surface area contributed by atoms with E-state index in [2.05, 4.69) is 5.32 Å². The number of carbonyl (C=O) groups is 2. The molecule has 1 N–H and O–H groups in total. The van der Waals surface area contributed by atoms with E-state index in [-0.39, 0.29) is 5.91 Å². The van der Waals surface area contributed by atoms with Gasteiger partial charge in [-0.1, -0.05) is 12.8 Å². The number of benzene rings is 1. The molecule has 21 heavy (non-hydrogen) atoms. The fourth-order valence-corrected chi connectivity index (χ4v) is 2.76. The Morgan fingerprint density at radius 1 is 1.19 bits per heavy atom. The van der Waals surface area contributed by atoms with Crippen molar-refractivity contribution in [2.75, 3.05) is 11.9 Å². The molecule has 1 saturated carbocycles. The van der Waals surface area contributed by atoms with E-state index in [1.165, 1.54) is 0 Å². The normalized spacial score (nSPS) is 21.6. The molecule has 0 unspecified atom stereocenters. The number of amides is 1. The highest BCUT2D eigenvalue weighted by molar-refractivity contribution is 5.95. The van der Waals surface area contributed by atoms with Gasteiger partial charge >= 0.3 is 0 Å². The predicted molar refractivity (Wildman–Crippen MR) is 76.7 cm³/mol. The third kappa shape index (κ3) is 3.97. The minimum absolute atomic E-state index is 0.243. The molecule has 5 nitrogen and oxygen atoms in total. The van der Waals surface area contributed by atoms with Crippen LogP contribution in [0.15, 0.2) is 24.3 Å². The zero-order valence-electron chi connectivity index (χ0n) is 12.1. The van der Waals surface area contributed by atoms with Crippen LogP contribution in [0.25, 0.3) is 0 Å². The van der Waals surface area contributed by atoms with Crippen molar-refractivity contribution >= 4 is 17.6 Å². The van der Waals surface area contributed by atoms with Crippen LogP contribution in [0.3, 0.4) is 0 Å². The first-order valence-corrected chi connectivity index (χ1v) is 7.36. The van der Waals surface area contributed by atoms with E-state index in [0.717, 1.165) is 18.6 Å². The highest BCUT2D eigenvalue weighted by atomic mass is 16.5. The number of carbonyl (C=O) groups excluding carboxylic acids is 2. The molecule has 1 aliphatic carbocycles. The molecule has 0 heterocycles. The topological polar surface area (TPSA) is 78.5 Å². The molecule has 1 aliphatic rings. The summed E-state index contributed by atoms with van der Waals surface area (Å²) in [5.41, 5.74) is 0.645. The molecule has 2 rings (SSSR count). The predicted octanol–water partition coefficient (Wildman–Crippen LogP) is 1.58. The molecule has 0 aliphatic heterocycles. The fraction of sp³-hybridized carbons (Fsp3) is 0.500. The van der Waals surface area contributed by atoms with Crippen molar-refractivity contribution in [1.29, 1.82) is 0 Å². The van der Waals surface area contributed by atoms with E-state index in [1.54, 1.807) is 24.3 Å². The molecule has 0 aromatic heterocycles. The van der Waals surface area contributed by atoms with Gasteiger partial charge in [0.15, 0.2) is 0 Å². The van der Waals surface area contributed by atoms with Gasteiger partial charge in [0.05, 0.1) is 6.61 Å². The second-order valence-corrected chi connectivity index (χ2v) is 5.26. The first-order valence-electron chi connectivity index (χ1n) is 7.36. The van der Waals surface area contributed by atoms with E-state index in [4.69, 9.17) is 4.74 Å². The van der Waals surface area contributed by atoms with Gasteiger partial charge in [-0.15, -0.1) is 0 Å². The standard InChI is InChI=1S/C16H21NO4/c1-2-21-12-9-7-11(8-10-12)17-15(18)13-5-3-4-6-14(13)16(19)20/h7-10,13-14H,2-6H2,1H3,(H,17,18)(H,19,20)/p-1/t13-,14+/m0/s1. The Labute approximate surface area is 124 Å². The molecule has 1 amide bonds. The van der Waals surface area contributed by atoms with E-state index >= 15 is 0 Å². The number of ether oxygens (including phenoxy) is 1. The van der Waals surface area contributed by atoms with Gasteiger partial charge in [-0.3, -0.25) is 4.79 Å². The Kier molecular flexibility index (Phi) is 5.20. The lowest BCUT2D eigenvalue weighted by atomic mass is 9.78. The summed E-state index contributed by atoms with van der Waals surface area (Å²) >= 11 is 0. The van der Waals surface area contributed by atoms with Crippen LogP contribution in [0, 0.1) is 11.8 Å². The van der Waals surface area contributed by atoms with Crippen LogP contribution < -0.4 is 15.2 Å². The minimum atomic E-state index is -1.12. The average molecular weight is 290 g/mol. The fourth-order valence-electron chi connectivity index (χ4n) is 2.76. The molecule has 0 saturated heterocycles. The van der Waals surface area contributed by atoms with Gasteiger partial charge in [-0.2, -0.15) is 0 Å². The number of hydrogen-bond donors (Lipinski definition) is 1. The van der Waals surface area contributed by atoms with Crippen molar-refractivity contribution in [3.8, 4) is 5.75 Å². The maximum absolute atomic E-state index is 12.3. The molecule has 0 radical (unpaired) electrons. The molecular weight excluding hydrogens is 270 g/mol. The highest BCUT2D eigenvalue weighted by Gasteiger charge is 2.31. The summed E-state index contributed by atoms with van der Waals surface area (Å²) in [5.74, 6) is -1.81. The summed E-state index contributed by atoms with van der Waals surface area (Å²) in [4.78, 5) is 23.4. The van der Waals surface area contributed by atoms with E-state index in [0.29, 0.717) is 25.1 Å². The van der Waals surface area contributed by atoms with Crippen LogP contribution in [0.2, 0.25) is 0 Å². The van der Waals surface area contributed by atoms with Crippen molar-refractivity contribution < 1.29 is 19.4 Å². The summed E-state index contributed by atoms with van der Waals surface area (Å²) in [6.07, 6.45) is 2.84. The third-order valence-corrected chi connectivity index (χ3v) is 3.84. The third-order valence-electron chi connectivity index (χ3n) is 3.84. The van der Waals surface area contributed by atoms with Gasteiger partial charge in [0, 0.05) is 23.5 Å². The smallest absolute Gasteiger partial charge is 0.228 e. The Balaban J connectivity index is 2.00. The number of carboxylic acids is 1. The first-order chi connectivity index (χ1) is 10.1. The minimum Gasteiger partial charge on any atom is -0.550 e. The van der Waals surface area contributed by atoms with Gasteiger partial charge in [0.2, 0.25) is 5.91 Å². The molecular formula is C16H20NO4-. The number of carboxylic acid groups (broad SMARTS) is 1. The van der Waals surface area contributed by atoms with Gasteiger partial charge < -0.3 is 20.0 Å². The number of rotatable bonds is 5. The van der Waals surface area contributed by atoms with E-state index in [9.17, 15) is 14.7 Å². The summed E-state index contributed by atoms with van der Waals surface area (Å²) in [7, 11) is 0. The Bertz CT molecular complexity index is 498. The Morgan fingerprint density at radius 2 is 1.81 bits per heavy atom. The zero-order chi connectivity index (χ0) is 15.2.